The molecule has 0 fully saturated rings. The average Bonchev–Trinajstić information content (AvgIpc) is 3.18. The van der Waals surface area contributed by atoms with E-state index in [1.54, 1.807) is 0 Å². The summed E-state index contributed by atoms with van der Waals surface area (Å²) in [5, 5.41) is 16.6. The molecule has 3 aromatic rings. The molecule has 2 amide bonds. The van der Waals surface area contributed by atoms with Crippen molar-refractivity contribution in [1.29, 1.82) is 0 Å². The fraction of sp³-hybridized carbons (Fsp3) is 0.345. The summed E-state index contributed by atoms with van der Waals surface area (Å²) in [6, 6.07) is 17.6. The zero-order chi connectivity index (χ0) is 25.4. The first-order chi connectivity index (χ1) is 16.6. The van der Waals surface area contributed by atoms with Gasteiger partial charge in [-0.15, -0.1) is 0 Å². The van der Waals surface area contributed by atoms with Crippen LogP contribution >= 0.6 is 0 Å². The first-order valence-corrected chi connectivity index (χ1v) is 12.2. The van der Waals surface area contributed by atoms with E-state index in [4.69, 9.17) is 0 Å². The number of phenolic OH excluding ortho intramolecular Hbond substituents is 1. The summed E-state index contributed by atoms with van der Waals surface area (Å²) in [4.78, 5) is 14.8. The number of hydrogen-bond donors (Lipinski definition) is 3. The minimum absolute atomic E-state index is 0.0307. The highest BCUT2D eigenvalue weighted by atomic mass is 19.1. The molecule has 3 N–H and O–H groups in total. The van der Waals surface area contributed by atoms with E-state index < -0.39 is 5.41 Å². The number of halogens is 1. The number of benzene rings is 3. The standard InChI is InChI=1S/C29H34FN3O2/c1-6-29(7-2)18-33(26-24(34)17-16-21(30)25(26)29)23-11-9-8-10-22(23)32-27(35)31-20-14-12-19(13-15-20)28(3,4)5/h8-17,34H,6-7,18H2,1-5H3,(H2,31,32,35). The number of para-hydroxylation sites is 2. The quantitative estimate of drug-likeness (QED) is 0.354. The number of amides is 2. The molecule has 0 atom stereocenters. The molecule has 0 bridgehead atoms. The Morgan fingerprint density at radius 3 is 2.29 bits per heavy atom. The zero-order valence-electron chi connectivity index (χ0n) is 21.1. The summed E-state index contributed by atoms with van der Waals surface area (Å²) in [6.07, 6.45) is 1.46. The first kappa shape index (κ1) is 24.6. The third kappa shape index (κ3) is 4.57. The SMILES string of the molecule is CCC1(CC)CN(c2ccccc2NC(=O)Nc2ccc(C(C)(C)C)cc2)c2c(O)ccc(F)c21. The molecular formula is C29H34FN3O2. The Morgan fingerprint density at radius 1 is 1.00 bits per heavy atom. The molecule has 0 unspecified atom stereocenters. The van der Waals surface area contributed by atoms with Crippen molar-refractivity contribution in [1.82, 2.24) is 0 Å². The molecule has 0 aliphatic carbocycles. The molecule has 1 aliphatic heterocycles. The maximum Gasteiger partial charge on any atom is 0.323 e. The number of nitrogens with zero attached hydrogens (tertiary/aromatic N) is 1. The number of rotatable bonds is 5. The minimum Gasteiger partial charge on any atom is -0.506 e. The van der Waals surface area contributed by atoms with Crippen molar-refractivity contribution in [2.45, 2.75) is 58.3 Å². The monoisotopic (exact) mass is 475 g/mol. The Labute approximate surface area is 207 Å². The lowest BCUT2D eigenvalue weighted by Gasteiger charge is -2.29. The fourth-order valence-corrected chi connectivity index (χ4v) is 4.98. The molecule has 0 saturated heterocycles. The summed E-state index contributed by atoms with van der Waals surface area (Å²) < 4.78 is 15.1. The van der Waals surface area contributed by atoms with Gasteiger partial charge in [-0.1, -0.05) is 58.9 Å². The summed E-state index contributed by atoms with van der Waals surface area (Å²) >= 11 is 0. The Bertz CT molecular complexity index is 1230. The third-order valence-corrected chi connectivity index (χ3v) is 7.17. The largest absolute Gasteiger partial charge is 0.506 e. The number of aromatic hydroxyl groups is 1. The van der Waals surface area contributed by atoms with Crippen LogP contribution in [0.5, 0.6) is 5.75 Å². The molecule has 0 spiro atoms. The number of phenols is 1. The van der Waals surface area contributed by atoms with Gasteiger partial charge < -0.3 is 20.6 Å². The molecule has 0 radical (unpaired) electrons. The summed E-state index contributed by atoms with van der Waals surface area (Å²) in [5.74, 6) is -0.283. The summed E-state index contributed by atoms with van der Waals surface area (Å²) in [6.45, 7) is 11.0. The van der Waals surface area contributed by atoms with E-state index in [2.05, 4.69) is 31.4 Å². The van der Waals surface area contributed by atoms with Gasteiger partial charge in [0.05, 0.1) is 17.1 Å². The van der Waals surface area contributed by atoms with Gasteiger partial charge >= 0.3 is 6.03 Å². The minimum atomic E-state index is -0.428. The number of carbonyl (C=O) groups is 1. The van der Waals surface area contributed by atoms with E-state index >= 15 is 4.39 Å². The maximum atomic E-state index is 15.1. The highest BCUT2D eigenvalue weighted by Crippen LogP contribution is 2.53. The van der Waals surface area contributed by atoms with Gasteiger partial charge in [-0.3, -0.25) is 0 Å². The van der Waals surface area contributed by atoms with E-state index in [-0.39, 0.29) is 23.0 Å². The van der Waals surface area contributed by atoms with E-state index in [1.807, 2.05) is 67.3 Å². The van der Waals surface area contributed by atoms with Crippen LogP contribution in [0.1, 0.15) is 58.6 Å². The van der Waals surface area contributed by atoms with Gasteiger partial charge in [-0.05, 0) is 60.2 Å². The van der Waals surface area contributed by atoms with Crippen molar-refractivity contribution in [3.8, 4) is 5.75 Å². The predicted octanol–water partition coefficient (Wildman–Crippen LogP) is 7.68. The van der Waals surface area contributed by atoms with Gasteiger partial charge in [0.2, 0.25) is 0 Å². The number of hydrogen-bond acceptors (Lipinski definition) is 3. The lowest BCUT2D eigenvalue weighted by atomic mass is 9.77. The van der Waals surface area contributed by atoms with Crippen LogP contribution in [-0.4, -0.2) is 17.7 Å². The normalized spacial score (nSPS) is 14.5. The van der Waals surface area contributed by atoms with Crippen molar-refractivity contribution in [3.05, 3.63) is 77.6 Å². The Morgan fingerprint density at radius 2 is 1.66 bits per heavy atom. The van der Waals surface area contributed by atoms with Gasteiger partial charge in [0, 0.05) is 23.2 Å². The zero-order valence-corrected chi connectivity index (χ0v) is 21.1. The lowest BCUT2D eigenvalue weighted by Crippen LogP contribution is -2.31. The number of nitrogens with one attached hydrogen (secondary N) is 2. The van der Waals surface area contributed by atoms with Crippen molar-refractivity contribution in [2.75, 3.05) is 22.1 Å². The molecule has 1 aliphatic rings. The molecule has 0 aromatic heterocycles. The molecule has 4 rings (SSSR count). The topological polar surface area (TPSA) is 64.6 Å². The van der Waals surface area contributed by atoms with Crippen LogP contribution in [0.4, 0.5) is 31.9 Å². The maximum absolute atomic E-state index is 15.1. The van der Waals surface area contributed by atoms with Gasteiger partial charge in [-0.25, -0.2) is 9.18 Å². The predicted molar refractivity (Wildman–Crippen MR) is 142 cm³/mol. The van der Waals surface area contributed by atoms with Crippen LogP contribution in [0.15, 0.2) is 60.7 Å². The van der Waals surface area contributed by atoms with Crippen LogP contribution in [-0.2, 0) is 10.8 Å². The number of anilines is 4. The van der Waals surface area contributed by atoms with Crippen LogP contribution in [0.25, 0.3) is 0 Å². The van der Waals surface area contributed by atoms with Crippen LogP contribution < -0.4 is 15.5 Å². The van der Waals surface area contributed by atoms with Crippen LogP contribution in [0.2, 0.25) is 0 Å². The molecule has 35 heavy (non-hydrogen) atoms. The van der Waals surface area contributed by atoms with E-state index in [1.165, 1.54) is 17.7 Å². The summed E-state index contributed by atoms with van der Waals surface area (Å²) in [5.41, 5.74) is 3.78. The smallest absolute Gasteiger partial charge is 0.323 e. The summed E-state index contributed by atoms with van der Waals surface area (Å²) in [7, 11) is 0. The van der Waals surface area contributed by atoms with Crippen molar-refractivity contribution < 1.29 is 14.3 Å². The van der Waals surface area contributed by atoms with Gasteiger partial charge in [-0.2, -0.15) is 0 Å². The Kier molecular flexibility index (Phi) is 6.50. The number of fused-ring (bicyclic) bond motifs is 1. The molecule has 3 aromatic carbocycles. The number of carbonyl (C=O) groups excluding carboxylic acids is 1. The van der Waals surface area contributed by atoms with E-state index in [9.17, 15) is 9.90 Å². The van der Waals surface area contributed by atoms with Crippen molar-refractivity contribution >= 4 is 28.8 Å². The van der Waals surface area contributed by atoms with Crippen molar-refractivity contribution in [3.63, 3.8) is 0 Å². The van der Waals surface area contributed by atoms with E-state index in [0.29, 0.717) is 34.9 Å². The molecule has 6 heteroatoms. The molecule has 1 heterocycles. The Hall–Kier alpha value is -3.54. The average molecular weight is 476 g/mol. The fourth-order valence-electron chi connectivity index (χ4n) is 4.98. The molecule has 184 valence electrons. The Balaban J connectivity index is 1.63. The first-order valence-electron chi connectivity index (χ1n) is 12.2. The molecule has 5 nitrogen and oxygen atoms in total. The lowest BCUT2D eigenvalue weighted by molar-refractivity contribution is 0.262. The van der Waals surface area contributed by atoms with Crippen LogP contribution in [0, 0.1) is 5.82 Å². The second-order valence-electron chi connectivity index (χ2n) is 10.3. The van der Waals surface area contributed by atoms with Gasteiger partial charge in [0.15, 0.2) is 0 Å². The highest BCUT2D eigenvalue weighted by Gasteiger charge is 2.45. The molecular weight excluding hydrogens is 441 g/mol. The van der Waals surface area contributed by atoms with Gasteiger partial charge in [0.1, 0.15) is 11.6 Å². The molecule has 0 saturated carbocycles. The van der Waals surface area contributed by atoms with Crippen molar-refractivity contribution in [2.24, 2.45) is 0 Å². The second-order valence-corrected chi connectivity index (χ2v) is 10.3. The van der Waals surface area contributed by atoms with Crippen LogP contribution in [0.3, 0.4) is 0 Å². The second kappa shape index (κ2) is 9.25. The highest BCUT2D eigenvalue weighted by molar-refractivity contribution is 6.02. The van der Waals surface area contributed by atoms with E-state index in [0.717, 1.165) is 12.8 Å². The number of urea groups is 1. The van der Waals surface area contributed by atoms with Gasteiger partial charge in [0.25, 0.3) is 0 Å². The third-order valence-electron chi connectivity index (χ3n) is 7.17.